The fourth-order valence-electron chi connectivity index (χ4n) is 1.83. The van der Waals surface area contributed by atoms with E-state index in [4.69, 9.17) is 5.73 Å². The highest BCUT2D eigenvalue weighted by atomic mass is 14.8. The van der Waals surface area contributed by atoms with E-state index in [1.165, 1.54) is 36.8 Å². The van der Waals surface area contributed by atoms with Crippen molar-refractivity contribution in [2.45, 2.75) is 45.7 Å². The van der Waals surface area contributed by atoms with Crippen LogP contribution in [0.15, 0.2) is 24.3 Å². The number of unbranched alkanes of at least 4 members (excludes halogenated alkanes) is 3. The molecule has 2 nitrogen and oxygen atoms in total. The Labute approximate surface area is 99.2 Å². The molecule has 2 heteroatoms. The molecule has 0 spiro atoms. The molecule has 0 bridgehead atoms. The molecule has 90 valence electrons. The highest BCUT2D eigenvalue weighted by Crippen LogP contribution is 2.07. The predicted octanol–water partition coefficient (Wildman–Crippen LogP) is 2.82. The van der Waals surface area contributed by atoms with Crippen molar-refractivity contribution >= 4 is 0 Å². The molecule has 1 aromatic rings. The van der Waals surface area contributed by atoms with Crippen molar-refractivity contribution in [3.8, 4) is 0 Å². The lowest BCUT2D eigenvalue weighted by Crippen LogP contribution is -2.16. The van der Waals surface area contributed by atoms with Gasteiger partial charge in [0.15, 0.2) is 0 Å². The van der Waals surface area contributed by atoms with Crippen molar-refractivity contribution < 1.29 is 0 Å². The lowest BCUT2D eigenvalue weighted by molar-refractivity contribution is 0.596. The molecule has 3 N–H and O–H groups in total. The van der Waals surface area contributed by atoms with Gasteiger partial charge in [0.1, 0.15) is 0 Å². The molecule has 0 aliphatic carbocycles. The lowest BCUT2D eigenvalue weighted by atomic mass is 10.1. The number of nitrogens with two attached hydrogens (primary N) is 1. The summed E-state index contributed by atoms with van der Waals surface area (Å²) in [6.45, 7) is 4.93. The number of benzene rings is 1. The van der Waals surface area contributed by atoms with Gasteiger partial charge in [-0.3, -0.25) is 0 Å². The van der Waals surface area contributed by atoms with Crippen molar-refractivity contribution in [3.63, 3.8) is 0 Å². The Morgan fingerprint density at radius 2 is 1.81 bits per heavy atom. The number of nitrogens with one attached hydrogen (secondary N) is 1. The molecular weight excluding hydrogens is 196 g/mol. The topological polar surface area (TPSA) is 38.0 Å². The van der Waals surface area contributed by atoms with Crippen LogP contribution >= 0.6 is 0 Å². The third-order valence-electron chi connectivity index (χ3n) is 2.86. The van der Waals surface area contributed by atoms with E-state index in [0.29, 0.717) is 6.54 Å². The molecule has 1 rings (SSSR count). The highest BCUT2D eigenvalue weighted by molar-refractivity contribution is 5.26. The number of hydrogen-bond acceptors (Lipinski definition) is 2. The smallest absolute Gasteiger partial charge is 0.0208 e. The van der Waals surface area contributed by atoms with Gasteiger partial charge in [0.2, 0.25) is 0 Å². The van der Waals surface area contributed by atoms with E-state index in [9.17, 15) is 0 Å². The Balaban J connectivity index is 2.21. The first-order valence-electron chi connectivity index (χ1n) is 6.36. The highest BCUT2D eigenvalue weighted by Gasteiger charge is 1.98. The van der Waals surface area contributed by atoms with Gasteiger partial charge < -0.3 is 11.1 Å². The zero-order valence-electron chi connectivity index (χ0n) is 10.3. The van der Waals surface area contributed by atoms with Crippen LogP contribution in [0.4, 0.5) is 0 Å². The summed E-state index contributed by atoms with van der Waals surface area (Å²) in [5.74, 6) is 0. The van der Waals surface area contributed by atoms with Crippen molar-refractivity contribution in [3.05, 3.63) is 35.4 Å². The van der Waals surface area contributed by atoms with Crippen LogP contribution in [0.2, 0.25) is 0 Å². The van der Waals surface area contributed by atoms with Crippen LogP contribution in [0.1, 0.15) is 43.7 Å². The van der Waals surface area contributed by atoms with Gasteiger partial charge in [-0.2, -0.15) is 0 Å². The maximum atomic E-state index is 5.69. The molecule has 16 heavy (non-hydrogen) atoms. The second kappa shape index (κ2) is 8.31. The molecule has 0 amide bonds. The standard InChI is InChI=1S/C14H24N2/c1-2-3-4-7-10-16-12-14-9-6-5-8-13(14)11-15/h5-6,8-9,16H,2-4,7,10-12,15H2,1H3. The minimum absolute atomic E-state index is 0.633. The van der Waals surface area contributed by atoms with Crippen LogP contribution in [0.3, 0.4) is 0 Å². The van der Waals surface area contributed by atoms with Gasteiger partial charge in [-0.15, -0.1) is 0 Å². The van der Waals surface area contributed by atoms with Gasteiger partial charge in [-0.1, -0.05) is 50.5 Å². The van der Waals surface area contributed by atoms with E-state index in [2.05, 4.69) is 30.4 Å². The number of rotatable bonds is 8. The molecule has 0 saturated carbocycles. The van der Waals surface area contributed by atoms with Crippen molar-refractivity contribution in [1.29, 1.82) is 0 Å². The van der Waals surface area contributed by atoms with Crippen LogP contribution in [-0.4, -0.2) is 6.54 Å². The fraction of sp³-hybridized carbons (Fsp3) is 0.571. The van der Waals surface area contributed by atoms with Crippen LogP contribution in [0, 0.1) is 0 Å². The first kappa shape index (κ1) is 13.2. The van der Waals surface area contributed by atoms with Crippen molar-refractivity contribution in [2.75, 3.05) is 6.54 Å². The molecule has 0 aromatic heterocycles. The SMILES string of the molecule is CCCCCCNCc1ccccc1CN. The first-order chi connectivity index (χ1) is 7.88. The van der Waals surface area contributed by atoms with E-state index >= 15 is 0 Å². The summed E-state index contributed by atoms with van der Waals surface area (Å²) in [5, 5.41) is 3.48. The quantitative estimate of drug-likeness (QED) is 0.661. The normalized spacial score (nSPS) is 10.6. The predicted molar refractivity (Wildman–Crippen MR) is 70.2 cm³/mol. The summed E-state index contributed by atoms with van der Waals surface area (Å²) in [5.41, 5.74) is 8.28. The molecule has 0 aliphatic heterocycles. The van der Waals surface area contributed by atoms with Crippen LogP contribution < -0.4 is 11.1 Å². The molecule has 1 aromatic carbocycles. The zero-order chi connectivity index (χ0) is 11.6. The van der Waals surface area contributed by atoms with Crippen LogP contribution in [-0.2, 0) is 13.1 Å². The Morgan fingerprint density at radius 1 is 1.06 bits per heavy atom. The Kier molecular flexibility index (Phi) is 6.86. The molecule has 0 aliphatic rings. The number of hydrogen-bond donors (Lipinski definition) is 2. The second-order valence-electron chi connectivity index (χ2n) is 4.21. The average molecular weight is 220 g/mol. The van der Waals surface area contributed by atoms with E-state index in [0.717, 1.165) is 13.1 Å². The third-order valence-corrected chi connectivity index (χ3v) is 2.86. The van der Waals surface area contributed by atoms with Gasteiger partial charge in [-0.05, 0) is 24.1 Å². The molecular formula is C14H24N2. The largest absolute Gasteiger partial charge is 0.326 e. The maximum Gasteiger partial charge on any atom is 0.0208 e. The third kappa shape index (κ3) is 4.77. The summed E-state index contributed by atoms with van der Waals surface area (Å²) >= 11 is 0. The summed E-state index contributed by atoms with van der Waals surface area (Å²) in [6, 6.07) is 8.38. The maximum absolute atomic E-state index is 5.69. The van der Waals surface area contributed by atoms with Crippen LogP contribution in [0.25, 0.3) is 0 Å². The molecule has 0 saturated heterocycles. The van der Waals surface area contributed by atoms with Crippen molar-refractivity contribution in [2.24, 2.45) is 5.73 Å². The Hall–Kier alpha value is -0.860. The fourth-order valence-corrected chi connectivity index (χ4v) is 1.83. The monoisotopic (exact) mass is 220 g/mol. The second-order valence-corrected chi connectivity index (χ2v) is 4.21. The molecule has 0 heterocycles. The van der Waals surface area contributed by atoms with Gasteiger partial charge in [0.25, 0.3) is 0 Å². The summed E-state index contributed by atoms with van der Waals surface area (Å²) < 4.78 is 0. The molecule has 0 atom stereocenters. The average Bonchev–Trinajstić information content (AvgIpc) is 2.34. The zero-order valence-corrected chi connectivity index (χ0v) is 10.3. The van der Waals surface area contributed by atoms with E-state index in [1.54, 1.807) is 0 Å². The van der Waals surface area contributed by atoms with Gasteiger partial charge >= 0.3 is 0 Å². The van der Waals surface area contributed by atoms with E-state index in [1.807, 2.05) is 6.07 Å². The van der Waals surface area contributed by atoms with E-state index < -0.39 is 0 Å². The minimum Gasteiger partial charge on any atom is -0.326 e. The summed E-state index contributed by atoms with van der Waals surface area (Å²) in [7, 11) is 0. The Bertz CT molecular complexity index is 284. The van der Waals surface area contributed by atoms with Crippen LogP contribution in [0.5, 0.6) is 0 Å². The van der Waals surface area contributed by atoms with E-state index in [-0.39, 0.29) is 0 Å². The van der Waals surface area contributed by atoms with Gasteiger partial charge in [0.05, 0.1) is 0 Å². The summed E-state index contributed by atoms with van der Waals surface area (Å²) in [6.07, 6.45) is 5.26. The molecule has 0 radical (unpaired) electrons. The van der Waals surface area contributed by atoms with Gasteiger partial charge in [-0.25, -0.2) is 0 Å². The lowest BCUT2D eigenvalue weighted by Gasteiger charge is -2.08. The molecule has 0 fully saturated rings. The van der Waals surface area contributed by atoms with Crippen molar-refractivity contribution in [1.82, 2.24) is 5.32 Å². The van der Waals surface area contributed by atoms with Gasteiger partial charge in [0, 0.05) is 13.1 Å². The summed E-state index contributed by atoms with van der Waals surface area (Å²) in [4.78, 5) is 0. The minimum atomic E-state index is 0.633. The first-order valence-corrected chi connectivity index (χ1v) is 6.36. The Morgan fingerprint density at radius 3 is 2.50 bits per heavy atom. The molecule has 0 unspecified atom stereocenters.